The Morgan fingerprint density at radius 3 is 2.28 bits per heavy atom. The first kappa shape index (κ1) is 30.8. The Hall–Kier alpha value is -3.69. The second-order valence-electron chi connectivity index (χ2n) is 11.9. The van der Waals surface area contributed by atoms with E-state index in [1.54, 1.807) is 17.0 Å². The second-order valence-corrected chi connectivity index (χ2v) is 14.7. The summed E-state index contributed by atoms with van der Waals surface area (Å²) >= 11 is 3.52. The summed E-state index contributed by atoms with van der Waals surface area (Å²) in [4.78, 5) is 29.7. The van der Waals surface area contributed by atoms with Crippen molar-refractivity contribution in [3.05, 3.63) is 107 Å². The summed E-state index contributed by atoms with van der Waals surface area (Å²) in [5, 5.41) is 4.66. The van der Waals surface area contributed by atoms with Gasteiger partial charge >= 0.3 is 0 Å². The van der Waals surface area contributed by atoms with E-state index in [0.29, 0.717) is 23.4 Å². The molecule has 43 heavy (non-hydrogen) atoms. The van der Waals surface area contributed by atoms with Gasteiger partial charge in [0.1, 0.15) is 6.04 Å². The summed E-state index contributed by atoms with van der Waals surface area (Å²) in [5.41, 5.74) is 1.97. The molecule has 1 N–H and O–H groups in total. The van der Waals surface area contributed by atoms with Crippen molar-refractivity contribution in [2.24, 2.45) is 0 Å². The van der Waals surface area contributed by atoms with Gasteiger partial charge in [-0.3, -0.25) is 13.9 Å². The average molecular weight is 663 g/mol. The highest BCUT2D eigenvalue weighted by Gasteiger charge is 2.36. The van der Waals surface area contributed by atoms with Gasteiger partial charge in [0, 0.05) is 41.3 Å². The quantitative estimate of drug-likeness (QED) is 0.212. The molecule has 4 aromatic carbocycles. The number of carbonyl (C=O) groups excluding carboxylic acids is 2. The predicted molar refractivity (Wildman–Crippen MR) is 174 cm³/mol. The van der Waals surface area contributed by atoms with Crippen molar-refractivity contribution in [1.29, 1.82) is 0 Å². The zero-order chi connectivity index (χ0) is 30.8. The number of hydrogen-bond acceptors (Lipinski definition) is 4. The third-order valence-electron chi connectivity index (χ3n) is 7.44. The lowest BCUT2D eigenvalue weighted by Crippen LogP contribution is -2.54. The molecule has 2 amide bonds. The van der Waals surface area contributed by atoms with Crippen molar-refractivity contribution in [2.45, 2.75) is 63.1 Å². The Bertz CT molecular complexity index is 1750. The first-order valence-electron chi connectivity index (χ1n) is 14.4. The third-order valence-corrected chi connectivity index (χ3v) is 9.79. The summed E-state index contributed by atoms with van der Waals surface area (Å²) in [6, 6.07) is 27.4. The van der Waals surface area contributed by atoms with Crippen molar-refractivity contribution >= 4 is 54.2 Å². The minimum absolute atomic E-state index is 0.0838. The summed E-state index contributed by atoms with van der Waals surface area (Å²) < 4.78 is 29.2. The number of amides is 2. The maximum absolute atomic E-state index is 14.0. The third kappa shape index (κ3) is 6.94. The van der Waals surface area contributed by atoms with Crippen LogP contribution in [0.4, 0.5) is 5.69 Å². The molecule has 0 bridgehead atoms. The number of rotatable bonds is 10. The van der Waals surface area contributed by atoms with Gasteiger partial charge in [-0.2, -0.15) is 0 Å². The average Bonchev–Trinajstić information content (AvgIpc) is 3.17. The van der Waals surface area contributed by atoms with Gasteiger partial charge in [0.15, 0.2) is 0 Å². The second kappa shape index (κ2) is 12.5. The molecule has 0 radical (unpaired) electrons. The van der Waals surface area contributed by atoms with Crippen LogP contribution in [0, 0.1) is 0 Å². The molecule has 0 unspecified atom stereocenters. The van der Waals surface area contributed by atoms with Crippen LogP contribution in [-0.2, 0) is 32.6 Å². The zero-order valence-electron chi connectivity index (χ0n) is 24.6. The fraction of sp³-hybridized carbons (Fsp3) is 0.294. The lowest BCUT2D eigenvalue weighted by molar-refractivity contribution is -0.142. The molecule has 5 rings (SSSR count). The number of halogens is 1. The first-order chi connectivity index (χ1) is 20.4. The summed E-state index contributed by atoms with van der Waals surface area (Å²) in [5.74, 6) is -0.443. The standard InChI is InChI=1S/C34H36BrN3O4S/c1-34(2,3)36-33(40)29(22-24-11-5-4-6-12-24)37(23-25-13-7-16-27(35)21-25)31(39)19-10-20-38-28-17-8-14-26-15-9-18-30(32(26)28)43(38,41)42/h4-9,11-18,21,29H,10,19-20,22-23H2,1-3H3,(H,36,40)/t29-/m1/s1. The van der Waals surface area contributed by atoms with Crippen LogP contribution in [0.5, 0.6) is 0 Å². The highest BCUT2D eigenvalue weighted by molar-refractivity contribution is 9.10. The van der Waals surface area contributed by atoms with E-state index in [0.717, 1.165) is 26.4 Å². The van der Waals surface area contributed by atoms with E-state index < -0.39 is 21.6 Å². The smallest absolute Gasteiger partial charge is 0.265 e. The summed E-state index contributed by atoms with van der Waals surface area (Å²) in [6.07, 6.45) is 0.733. The van der Waals surface area contributed by atoms with Crippen LogP contribution in [0.25, 0.3) is 10.8 Å². The molecule has 1 aliphatic heterocycles. The topological polar surface area (TPSA) is 86.8 Å². The van der Waals surface area contributed by atoms with Crippen LogP contribution in [0.2, 0.25) is 0 Å². The molecule has 1 heterocycles. The van der Waals surface area contributed by atoms with Gasteiger partial charge < -0.3 is 10.2 Å². The molecule has 224 valence electrons. The van der Waals surface area contributed by atoms with E-state index in [4.69, 9.17) is 0 Å². The van der Waals surface area contributed by atoms with Gasteiger partial charge in [-0.05, 0) is 68.0 Å². The first-order valence-corrected chi connectivity index (χ1v) is 16.6. The molecule has 0 fully saturated rings. The van der Waals surface area contributed by atoms with Crippen molar-refractivity contribution < 1.29 is 18.0 Å². The monoisotopic (exact) mass is 661 g/mol. The van der Waals surface area contributed by atoms with E-state index in [9.17, 15) is 18.0 Å². The number of benzene rings is 4. The Balaban J connectivity index is 1.41. The van der Waals surface area contributed by atoms with Crippen LogP contribution in [0.3, 0.4) is 0 Å². The molecule has 0 aliphatic carbocycles. The van der Waals surface area contributed by atoms with E-state index in [1.807, 2.05) is 99.6 Å². The van der Waals surface area contributed by atoms with Crippen molar-refractivity contribution in [3.63, 3.8) is 0 Å². The maximum atomic E-state index is 14.0. The number of sulfonamides is 1. The van der Waals surface area contributed by atoms with Gasteiger partial charge in [0.25, 0.3) is 10.0 Å². The predicted octanol–water partition coefficient (Wildman–Crippen LogP) is 6.45. The largest absolute Gasteiger partial charge is 0.350 e. The van der Waals surface area contributed by atoms with E-state index in [-0.39, 0.29) is 31.3 Å². The molecule has 7 nitrogen and oxygen atoms in total. The van der Waals surface area contributed by atoms with Crippen LogP contribution in [-0.4, -0.2) is 43.3 Å². The zero-order valence-corrected chi connectivity index (χ0v) is 27.0. The number of nitrogens with zero attached hydrogens (tertiary/aromatic N) is 2. The van der Waals surface area contributed by atoms with E-state index >= 15 is 0 Å². The lowest BCUT2D eigenvalue weighted by Gasteiger charge is -2.34. The molecule has 0 aromatic heterocycles. The maximum Gasteiger partial charge on any atom is 0.265 e. The number of carbonyl (C=O) groups is 2. The van der Waals surface area contributed by atoms with Crippen LogP contribution in [0.1, 0.15) is 44.7 Å². The van der Waals surface area contributed by atoms with E-state index in [1.165, 1.54) is 4.31 Å². The molecule has 4 aromatic rings. The Kier molecular flexibility index (Phi) is 8.94. The van der Waals surface area contributed by atoms with Gasteiger partial charge in [-0.25, -0.2) is 8.42 Å². The Morgan fingerprint density at radius 2 is 1.58 bits per heavy atom. The highest BCUT2D eigenvalue weighted by Crippen LogP contribution is 2.42. The van der Waals surface area contributed by atoms with Crippen LogP contribution >= 0.6 is 15.9 Å². The fourth-order valence-corrected chi connectivity index (χ4v) is 7.75. The summed E-state index contributed by atoms with van der Waals surface area (Å²) in [6.45, 7) is 6.14. The molecule has 0 spiro atoms. The number of anilines is 1. The fourth-order valence-electron chi connectivity index (χ4n) is 5.56. The molecular formula is C34H36BrN3O4S. The van der Waals surface area contributed by atoms with Crippen molar-refractivity contribution in [3.8, 4) is 0 Å². The minimum atomic E-state index is -3.72. The lowest BCUT2D eigenvalue weighted by atomic mass is 10.00. The molecule has 0 saturated heterocycles. The molecule has 1 atom stereocenters. The highest BCUT2D eigenvalue weighted by atomic mass is 79.9. The van der Waals surface area contributed by atoms with Gasteiger partial charge in [0.05, 0.1) is 10.6 Å². The molecule has 9 heteroatoms. The van der Waals surface area contributed by atoms with Crippen LogP contribution in [0.15, 0.2) is 100 Å². The molecule has 0 saturated carbocycles. The molecular weight excluding hydrogens is 626 g/mol. The van der Waals surface area contributed by atoms with Crippen molar-refractivity contribution in [1.82, 2.24) is 10.2 Å². The number of hydrogen-bond donors (Lipinski definition) is 1. The SMILES string of the molecule is CC(C)(C)NC(=O)[C@@H](Cc1ccccc1)N(Cc1cccc(Br)c1)C(=O)CCCN1c2cccc3cccc(c23)S1(=O)=O. The normalized spacial score (nSPS) is 14.5. The van der Waals surface area contributed by atoms with Gasteiger partial charge in [-0.15, -0.1) is 0 Å². The molecule has 1 aliphatic rings. The van der Waals surface area contributed by atoms with Crippen LogP contribution < -0.4 is 9.62 Å². The van der Waals surface area contributed by atoms with Gasteiger partial charge in [0.2, 0.25) is 11.8 Å². The van der Waals surface area contributed by atoms with Crippen molar-refractivity contribution in [2.75, 3.05) is 10.8 Å². The number of nitrogens with one attached hydrogen (secondary N) is 1. The minimum Gasteiger partial charge on any atom is -0.350 e. The van der Waals surface area contributed by atoms with Gasteiger partial charge in [-0.1, -0.05) is 82.7 Å². The Labute approximate surface area is 262 Å². The Morgan fingerprint density at radius 1 is 0.907 bits per heavy atom. The van der Waals surface area contributed by atoms with E-state index in [2.05, 4.69) is 21.2 Å². The summed E-state index contributed by atoms with van der Waals surface area (Å²) in [7, 11) is -3.72.